The molecule has 126 valence electrons. The number of thiophene rings is 1. The summed E-state index contributed by atoms with van der Waals surface area (Å²) in [6.45, 7) is 1.06. The number of rotatable bonds is 7. The van der Waals surface area contributed by atoms with Gasteiger partial charge in [0.15, 0.2) is 0 Å². The number of benzene rings is 1. The maximum Gasteiger partial charge on any atom is 0.415 e. The van der Waals surface area contributed by atoms with E-state index in [2.05, 4.69) is 5.32 Å². The summed E-state index contributed by atoms with van der Waals surface area (Å²) in [5, 5.41) is 5.54. The van der Waals surface area contributed by atoms with E-state index in [1.54, 1.807) is 4.90 Å². The Morgan fingerprint density at radius 2 is 2.12 bits per heavy atom. The van der Waals surface area contributed by atoms with Crippen LogP contribution in [0.25, 0.3) is 0 Å². The van der Waals surface area contributed by atoms with E-state index in [-0.39, 0.29) is 24.5 Å². The molecule has 0 saturated carbocycles. The predicted molar refractivity (Wildman–Crippen MR) is 91.5 cm³/mol. The van der Waals surface area contributed by atoms with Crippen LogP contribution in [0.2, 0.25) is 0 Å². The minimum absolute atomic E-state index is 0.128. The molecule has 1 unspecified atom stereocenters. The molecule has 6 nitrogen and oxygen atoms in total. The van der Waals surface area contributed by atoms with Crippen LogP contribution in [0.15, 0.2) is 47.8 Å². The van der Waals surface area contributed by atoms with Gasteiger partial charge in [0, 0.05) is 0 Å². The quantitative estimate of drug-likeness (QED) is 0.837. The van der Waals surface area contributed by atoms with Crippen molar-refractivity contribution < 1.29 is 19.1 Å². The van der Waals surface area contributed by atoms with Crippen LogP contribution in [-0.4, -0.2) is 37.8 Å². The van der Waals surface area contributed by atoms with Gasteiger partial charge in [0.05, 0.1) is 26.1 Å². The van der Waals surface area contributed by atoms with Gasteiger partial charge < -0.3 is 14.8 Å². The lowest BCUT2D eigenvalue weighted by Gasteiger charge is -2.11. The highest BCUT2D eigenvalue weighted by atomic mass is 32.1. The van der Waals surface area contributed by atoms with E-state index in [4.69, 9.17) is 9.47 Å². The Hall–Kier alpha value is -2.54. The summed E-state index contributed by atoms with van der Waals surface area (Å²) in [6.07, 6.45) is -0.452. The number of anilines is 1. The molecule has 0 spiro atoms. The van der Waals surface area contributed by atoms with Crippen molar-refractivity contribution in [1.29, 1.82) is 0 Å². The van der Waals surface area contributed by atoms with E-state index >= 15 is 0 Å². The summed E-state index contributed by atoms with van der Waals surface area (Å²) < 4.78 is 10.7. The number of nitrogens with one attached hydrogen (secondary N) is 1. The molecular formula is C17H18N2O4S. The van der Waals surface area contributed by atoms with Crippen LogP contribution in [0.1, 0.15) is 6.42 Å². The van der Waals surface area contributed by atoms with Crippen molar-refractivity contribution in [2.24, 2.45) is 0 Å². The lowest BCUT2D eigenvalue weighted by Crippen LogP contribution is -2.35. The van der Waals surface area contributed by atoms with Crippen molar-refractivity contribution >= 4 is 28.3 Å². The van der Waals surface area contributed by atoms with Crippen molar-refractivity contribution in [3.8, 4) is 5.75 Å². The number of hydrogen-bond acceptors (Lipinski definition) is 5. The van der Waals surface area contributed by atoms with Crippen molar-refractivity contribution in [3.63, 3.8) is 0 Å². The Bertz CT molecular complexity index is 675. The zero-order valence-corrected chi connectivity index (χ0v) is 13.8. The molecule has 1 atom stereocenters. The van der Waals surface area contributed by atoms with Crippen molar-refractivity contribution in [2.45, 2.75) is 12.5 Å². The van der Waals surface area contributed by atoms with Gasteiger partial charge in [-0.05, 0) is 29.6 Å². The van der Waals surface area contributed by atoms with Crippen LogP contribution in [0.3, 0.4) is 0 Å². The highest BCUT2D eigenvalue weighted by Crippen LogP contribution is 2.26. The van der Waals surface area contributed by atoms with Crippen molar-refractivity contribution in [2.75, 3.05) is 24.6 Å². The van der Waals surface area contributed by atoms with Crippen LogP contribution in [-0.2, 0) is 9.53 Å². The molecule has 2 heterocycles. The van der Waals surface area contributed by atoms with Crippen LogP contribution in [0, 0.1) is 0 Å². The summed E-state index contributed by atoms with van der Waals surface area (Å²) in [7, 11) is 0. The predicted octanol–water partition coefficient (Wildman–Crippen LogP) is 2.66. The largest absolute Gasteiger partial charge is 0.493 e. The minimum Gasteiger partial charge on any atom is -0.493 e. The number of nitrogens with zero attached hydrogens (tertiary/aromatic N) is 1. The van der Waals surface area contributed by atoms with E-state index < -0.39 is 0 Å². The normalized spacial score (nSPS) is 16.8. The molecule has 24 heavy (non-hydrogen) atoms. The highest BCUT2D eigenvalue weighted by Gasteiger charge is 2.32. The first-order chi connectivity index (χ1) is 11.7. The number of para-hydroxylation sites is 1. The zero-order chi connectivity index (χ0) is 16.8. The first-order valence-electron chi connectivity index (χ1n) is 7.68. The maximum absolute atomic E-state index is 11.8. The van der Waals surface area contributed by atoms with Gasteiger partial charge in [-0.15, -0.1) is 11.3 Å². The zero-order valence-electron chi connectivity index (χ0n) is 13.0. The fraction of sp³-hybridized carbons (Fsp3) is 0.294. The van der Waals surface area contributed by atoms with E-state index in [1.807, 2.05) is 47.8 Å². The second-order valence-electron chi connectivity index (χ2n) is 5.28. The molecule has 7 heteroatoms. The van der Waals surface area contributed by atoms with E-state index in [0.29, 0.717) is 19.7 Å². The molecule has 2 aromatic rings. The monoisotopic (exact) mass is 346 g/mol. The van der Waals surface area contributed by atoms with Crippen LogP contribution in [0.5, 0.6) is 5.75 Å². The standard InChI is InChI=1S/C17H18N2O4S/c20-15(8-9-22-13-5-2-1-3-6-13)18-11-14-12-19(17(21)23-14)16-7-4-10-24-16/h1-7,10,14H,8-9,11-12H2,(H,18,20). The molecule has 3 rings (SSSR count). The molecular weight excluding hydrogens is 328 g/mol. The summed E-state index contributed by atoms with van der Waals surface area (Å²) in [4.78, 5) is 25.3. The lowest BCUT2D eigenvalue weighted by molar-refractivity contribution is -0.121. The Kier molecular flexibility index (Phi) is 5.32. The number of amides is 2. The van der Waals surface area contributed by atoms with Crippen molar-refractivity contribution in [3.05, 3.63) is 47.8 Å². The van der Waals surface area contributed by atoms with E-state index in [1.165, 1.54) is 11.3 Å². The number of cyclic esters (lactones) is 1. The molecule has 1 aliphatic heterocycles. The van der Waals surface area contributed by atoms with Gasteiger partial charge in [0.2, 0.25) is 5.91 Å². The van der Waals surface area contributed by atoms with Crippen LogP contribution < -0.4 is 15.0 Å². The summed E-state index contributed by atoms with van der Waals surface area (Å²) in [5.41, 5.74) is 0. The van der Waals surface area contributed by atoms with Crippen molar-refractivity contribution in [1.82, 2.24) is 5.32 Å². The molecule has 1 aromatic heterocycles. The molecule has 1 saturated heterocycles. The van der Waals surface area contributed by atoms with Gasteiger partial charge in [0.1, 0.15) is 16.9 Å². The van der Waals surface area contributed by atoms with E-state index in [0.717, 1.165) is 10.8 Å². The number of carbonyl (C=O) groups is 2. The van der Waals surface area contributed by atoms with Gasteiger partial charge >= 0.3 is 6.09 Å². The number of ether oxygens (including phenoxy) is 2. The Balaban J connectivity index is 1.37. The lowest BCUT2D eigenvalue weighted by atomic mass is 10.3. The maximum atomic E-state index is 11.8. The average Bonchev–Trinajstić information content (AvgIpc) is 3.23. The van der Waals surface area contributed by atoms with Gasteiger partial charge in [-0.3, -0.25) is 9.69 Å². The fourth-order valence-electron chi connectivity index (χ4n) is 2.33. The average molecular weight is 346 g/mol. The smallest absolute Gasteiger partial charge is 0.415 e. The van der Waals surface area contributed by atoms with Crippen LogP contribution >= 0.6 is 11.3 Å². The SMILES string of the molecule is O=C(CCOc1ccccc1)NCC1CN(c2cccs2)C(=O)O1. The topological polar surface area (TPSA) is 67.9 Å². The van der Waals surface area contributed by atoms with Gasteiger partial charge in [0.25, 0.3) is 0 Å². The molecule has 1 fully saturated rings. The third-order valence-corrected chi connectivity index (χ3v) is 4.41. The third kappa shape index (κ3) is 4.26. The summed E-state index contributed by atoms with van der Waals surface area (Å²) in [6, 6.07) is 13.1. The number of carbonyl (C=O) groups excluding carboxylic acids is 2. The molecule has 1 aromatic carbocycles. The second kappa shape index (κ2) is 7.83. The highest BCUT2D eigenvalue weighted by molar-refractivity contribution is 7.14. The number of hydrogen-bond donors (Lipinski definition) is 1. The first-order valence-corrected chi connectivity index (χ1v) is 8.56. The minimum atomic E-state index is -0.371. The molecule has 1 aliphatic rings. The molecule has 0 radical (unpaired) electrons. The molecule has 0 aliphatic carbocycles. The third-order valence-electron chi connectivity index (χ3n) is 3.51. The summed E-state index contributed by atoms with van der Waals surface area (Å²) in [5.74, 6) is 0.609. The first kappa shape index (κ1) is 16.3. The van der Waals surface area contributed by atoms with Crippen LogP contribution in [0.4, 0.5) is 9.80 Å². The molecule has 1 N–H and O–H groups in total. The Labute approximate surface area is 144 Å². The molecule has 0 bridgehead atoms. The van der Waals surface area contributed by atoms with Gasteiger partial charge in [-0.25, -0.2) is 4.79 Å². The Morgan fingerprint density at radius 1 is 1.29 bits per heavy atom. The summed E-state index contributed by atoms with van der Waals surface area (Å²) >= 11 is 1.48. The molecule has 2 amide bonds. The Morgan fingerprint density at radius 3 is 2.88 bits per heavy atom. The second-order valence-corrected chi connectivity index (χ2v) is 6.21. The fourth-order valence-corrected chi connectivity index (χ4v) is 3.06. The van der Waals surface area contributed by atoms with E-state index in [9.17, 15) is 9.59 Å². The van der Waals surface area contributed by atoms with Gasteiger partial charge in [-0.1, -0.05) is 18.2 Å². The van der Waals surface area contributed by atoms with Gasteiger partial charge in [-0.2, -0.15) is 0 Å².